The zero-order chi connectivity index (χ0) is 18.7. The topological polar surface area (TPSA) is 49.4 Å². The molecule has 0 radical (unpaired) electrons. The summed E-state index contributed by atoms with van der Waals surface area (Å²) in [5.41, 5.74) is 2.35. The van der Waals surface area contributed by atoms with Gasteiger partial charge in [-0.2, -0.15) is 0 Å². The molecule has 3 rings (SSSR count). The van der Waals surface area contributed by atoms with Crippen molar-refractivity contribution in [3.05, 3.63) is 64.7 Å². The van der Waals surface area contributed by atoms with E-state index in [0.717, 1.165) is 36.1 Å². The molecule has 0 unspecified atom stereocenters. The molecule has 0 bridgehead atoms. The number of aryl methyl sites for hydroxylation is 1. The highest BCUT2D eigenvalue weighted by Gasteiger charge is 2.52. The third kappa shape index (κ3) is 3.75. The van der Waals surface area contributed by atoms with E-state index < -0.39 is 5.41 Å². The van der Waals surface area contributed by atoms with Crippen LogP contribution in [0.5, 0.6) is 0 Å². The molecule has 0 aliphatic heterocycles. The van der Waals surface area contributed by atoms with E-state index in [9.17, 15) is 9.59 Å². The van der Waals surface area contributed by atoms with Crippen molar-refractivity contribution in [2.24, 2.45) is 0 Å². The van der Waals surface area contributed by atoms with Gasteiger partial charge in [0, 0.05) is 17.8 Å². The summed E-state index contributed by atoms with van der Waals surface area (Å²) in [4.78, 5) is 26.9. The first-order valence-corrected chi connectivity index (χ1v) is 9.23. The lowest BCUT2D eigenvalue weighted by molar-refractivity contribution is -0.135. The largest absolute Gasteiger partial charge is 0.336 e. The molecule has 4 nitrogen and oxygen atoms in total. The van der Waals surface area contributed by atoms with E-state index in [1.54, 1.807) is 19.2 Å². The minimum absolute atomic E-state index is 0.0150. The number of rotatable bonds is 6. The second-order valence-corrected chi connectivity index (χ2v) is 7.25. The lowest BCUT2D eigenvalue weighted by Crippen LogP contribution is -2.41. The molecule has 2 aromatic carbocycles. The Balaban J connectivity index is 1.66. The number of para-hydroxylation sites is 1. The van der Waals surface area contributed by atoms with Crippen LogP contribution in [0, 0.1) is 0 Å². The van der Waals surface area contributed by atoms with Gasteiger partial charge in [0.05, 0.1) is 12.0 Å². The molecular formula is C21H23ClN2O2. The van der Waals surface area contributed by atoms with Gasteiger partial charge in [-0.15, -0.1) is 0 Å². The van der Waals surface area contributed by atoms with Crippen molar-refractivity contribution in [1.29, 1.82) is 0 Å². The summed E-state index contributed by atoms with van der Waals surface area (Å²) in [5.74, 6) is -0.201. The maximum atomic E-state index is 12.9. The fraction of sp³-hybridized carbons (Fsp3) is 0.333. The average Bonchev–Trinajstić information content (AvgIpc) is 3.43. The molecule has 1 saturated carbocycles. The van der Waals surface area contributed by atoms with E-state index in [4.69, 9.17) is 11.6 Å². The Morgan fingerprint density at radius 1 is 1.12 bits per heavy atom. The fourth-order valence-corrected chi connectivity index (χ4v) is 3.44. The molecule has 0 spiro atoms. The van der Waals surface area contributed by atoms with Gasteiger partial charge in [-0.05, 0) is 48.6 Å². The van der Waals surface area contributed by atoms with Crippen molar-refractivity contribution in [1.82, 2.24) is 4.90 Å². The maximum absolute atomic E-state index is 12.9. The lowest BCUT2D eigenvalue weighted by atomic mass is 9.94. The maximum Gasteiger partial charge on any atom is 0.243 e. The Bertz CT molecular complexity index is 813. The molecule has 0 heterocycles. The second kappa shape index (κ2) is 7.50. The first-order valence-electron chi connectivity index (χ1n) is 8.85. The number of nitrogens with one attached hydrogen (secondary N) is 1. The first kappa shape index (κ1) is 18.5. The Morgan fingerprint density at radius 2 is 1.77 bits per heavy atom. The van der Waals surface area contributed by atoms with Crippen LogP contribution in [0.1, 0.15) is 30.9 Å². The third-order valence-electron chi connectivity index (χ3n) is 4.96. The molecule has 26 heavy (non-hydrogen) atoms. The number of likely N-dealkylation sites (N-methyl/N-ethyl adjacent to an activating group) is 1. The Kier molecular flexibility index (Phi) is 5.33. The van der Waals surface area contributed by atoms with Crippen molar-refractivity contribution in [2.75, 3.05) is 18.9 Å². The molecule has 0 saturated heterocycles. The monoisotopic (exact) mass is 370 g/mol. The van der Waals surface area contributed by atoms with E-state index in [2.05, 4.69) is 5.32 Å². The van der Waals surface area contributed by atoms with Gasteiger partial charge in [-0.25, -0.2) is 0 Å². The standard InChI is InChI=1S/C21H23ClN2O2/c1-3-15-6-4-5-7-18(15)23-19(25)14-24(2)20(26)21(12-13-21)16-8-10-17(22)11-9-16/h4-11H,3,12-14H2,1-2H3,(H,23,25). The minimum Gasteiger partial charge on any atom is -0.336 e. The van der Waals surface area contributed by atoms with Crippen LogP contribution in [0.3, 0.4) is 0 Å². The van der Waals surface area contributed by atoms with Crippen LogP contribution in [0.4, 0.5) is 5.69 Å². The summed E-state index contributed by atoms with van der Waals surface area (Å²) >= 11 is 5.95. The van der Waals surface area contributed by atoms with Crippen LogP contribution < -0.4 is 5.32 Å². The van der Waals surface area contributed by atoms with Crippen molar-refractivity contribution in [2.45, 2.75) is 31.6 Å². The van der Waals surface area contributed by atoms with Crippen LogP contribution in [-0.4, -0.2) is 30.3 Å². The number of benzene rings is 2. The van der Waals surface area contributed by atoms with Gasteiger partial charge >= 0.3 is 0 Å². The number of halogens is 1. The van der Waals surface area contributed by atoms with E-state index >= 15 is 0 Å². The summed E-state index contributed by atoms with van der Waals surface area (Å²) in [6.45, 7) is 2.08. The molecule has 136 valence electrons. The summed E-state index contributed by atoms with van der Waals surface area (Å²) < 4.78 is 0. The number of anilines is 1. The number of carbonyl (C=O) groups is 2. The van der Waals surface area contributed by atoms with Gasteiger partial charge in [-0.3, -0.25) is 9.59 Å². The zero-order valence-electron chi connectivity index (χ0n) is 15.1. The Morgan fingerprint density at radius 3 is 2.38 bits per heavy atom. The molecule has 1 aliphatic rings. The van der Waals surface area contributed by atoms with Crippen molar-refractivity contribution < 1.29 is 9.59 Å². The van der Waals surface area contributed by atoms with Gasteiger partial charge in [0.25, 0.3) is 0 Å². The van der Waals surface area contributed by atoms with E-state index in [-0.39, 0.29) is 18.4 Å². The molecule has 0 atom stereocenters. The predicted octanol–water partition coefficient (Wildman–Crippen LogP) is 4.03. The summed E-state index contributed by atoms with van der Waals surface area (Å²) in [6, 6.07) is 15.1. The highest BCUT2D eigenvalue weighted by Crippen LogP contribution is 2.49. The van der Waals surface area contributed by atoms with Crippen LogP contribution in [0.25, 0.3) is 0 Å². The van der Waals surface area contributed by atoms with Gasteiger partial charge in [0.2, 0.25) is 11.8 Å². The van der Waals surface area contributed by atoms with E-state index in [1.165, 1.54) is 4.90 Å². The molecule has 5 heteroatoms. The zero-order valence-corrected chi connectivity index (χ0v) is 15.8. The minimum atomic E-state index is -0.499. The van der Waals surface area contributed by atoms with Gasteiger partial charge < -0.3 is 10.2 Å². The second-order valence-electron chi connectivity index (χ2n) is 6.81. The number of hydrogen-bond donors (Lipinski definition) is 1. The predicted molar refractivity (Wildman–Crippen MR) is 104 cm³/mol. The average molecular weight is 371 g/mol. The highest BCUT2D eigenvalue weighted by atomic mass is 35.5. The van der Waals surface area contributed by atoms with Crippen LogP contribution in [-0.2, 0) is 21.4 Å². The number of carbonyl (C=O) groups excluding carboxylic acids is 2. The molecule has 1 N–H and O–H groups in total. The summed E-state index contributed by atoms with van der Waals surface area (Å²) in [5, 5.41) is 3.57. The molecule has 1 fully saturated rings. The lowest BCUT2D eigenvalue weighted by Gasteiger charge is -2.23. The normalized spacial score (nSPS) is 14.6. The molecule has 0 aromatic heterocycles. The summed E-state index contributed by atoms with van der Waals surface area (Å²) in [7, 11) is 1.68. The van der Waals surface area contributed by atoms with E-state index in [0.29, 0.717) is 5.02 Å². The highest BCUT2D eigenvalue weighted by molar-refractivity contribution is 6.30. The molecule has 2 amide bonds. The van der Waals surface area contributed by atoms with Gasteiger partial charge in [-0.1, -0.05) is 48.9 Å². The SMILES string of the molecule is CCc1ccccc1NC(=O)CN(C)C(=O)C1(c2ccc(Cl)cc2)CC1. The van der Waals surface area contributed by atoms with Gasteiger partial charge in [0.1, 0.15) is 0 Å². The van der Waals surface area contributed by atoms with Crippen LogP contribution in [0.2, 0.25) is 5.02 Å². The first-order chi connectivity index (χ1) is 12.5. The number of hydrogen-bond acceptors (Lipinski definition) is 2. The van der Waals surface area contributed by atoms with Crippen molar-refractivity contribution in [3.8, 4) is 0 Å². The Labute approximate surface area is 159 Å². The molecule has 2 aromatic rings. The number of nitrogens with zero attached hydrogens (tertiary/aromatic N) is 1. The van der Waals surface area contributed by atoms with Crippen LogP contribution >= 0.6 is 11.6 Å². The Hall–Kier alpha value is -2.33. The van der Waals surface area contributed by atoms with E-state index in [1.807, 2.05) is 43.3 Å². The summed E-state index contributed by atoms with van der Waals surface area (Å²) in [6.07, 6.45) is 2.45. The fourth-order valence-electron chi connectivity index (χ4n) is 3.31. The smallest absolute Gasteiger partial charge is 0.243 e. The van der Waals surface area contributed by atoms with Crippen molar-refractivity contribution in [3.63, 3.8) is 0 Å². The molecule has 1 aliphatic carbocycles. The van der Waals surface area contributed by atoms with Crippen molar-refractivity contribution >= 4 is 29.1 Å². The third-order valence-corrected chi connectivity index (χ3v) is 5.21. The number of amides is 2. The quantitative estimate of drug-likeness (QED) is 0.834. The van der Waals surface area contributed by atoms with Gasteiger partial charge in [0.15, 0.2) is 0 Å². The molecular weight excluding hydrogens is 348 g/mol. The van der Waals surface area contributed by atoms with Crippen LogP contribution in [0.15, 0.2) is 48.5 Å².